The summed E-state index contributed by atoms with van der Waals surface area (Å²) in [7, 11) is 1.21. The highest BCUT2D eigenvalue weighted by Gasteiger charge is 2.03. The molecule has 0 atom stereocenters. The average Bonchev–Trinajstić information content (AvgIpc) is 2.29. The molecular weight excluding hydrogens is 214 g/mol. The van der Waals surface area contributed by atoms with Gasteiger partial charge in [-0.25, -0.2) is 10.2 Å². The summed E-state index contributed by atoms with van der Waals surface area (Å²) in [6.07, 6.45) is 0.575. The molecule has 0 aliphatic carbocycles. The van der Waals surface area contributed by atoms with E-state index in [0.717, 1.165) is 0 Å². The number of nitrogens with zero attached hydrogens (tertiary/aromatic N) is 2. The summed E-state index contributed by atoms with van der Waals surface area (Å²) in [5.41, 5.74) is 2.53. The Labute approximate surface area is 90.9 Å². The number of carbonyl (C=O) groups is 1. The largest absolute Gasteiger partial charge is 0.452 e. The van der Waals surface area contributed by atoms with E-state index in [1.54, 1.807) is 6.07 Å². The summed E-state index contributed by atoms with van der Waals surface area (Å²) in [5.74, 6) is 0. The Kier molecular flexibility index (Phi) is 3.96. The van der Waals surface area contributed by atoms with E-state index in [1.807, 2.05) is 0 Å². The lowest BCUT2D eigenvalue weighted by Gasteiger charge is -1.96. The van der Waals surface area contributed by atoms with Crippen molar-refractivity contribution in [3.63, 3.8) is 0 Å². The summed E-state index contributed by atoms with van der Waals surface area (Å²) < 4.78 is 4.28. The molecule has 0 aromatic heterocycles. The highest BCUT2D eigenvalue weighted by Crippen LogP contribution is 2.11. The van der Waals surface area contributed by atoms with Gasteiger partial charge < -0.3 is 4.74 Å². The number of benzene rings is 1. The first-order chi connectivity index (χ1) is 7.63. The molecule has 0 radical (unpaired) electrons. The molecule has 0 fully saturated rings. The highest BCUT2D eigenvalue weighted by molar-refractivity contribution is 5.81. The molecule has 1 aromatic rings. The second kappa shape index (κ2) is 5.44. The van der Waals surface area contributed by atoms with Gasteiger partial charge in [-0.15, -0.1) is 0 Å². The molecule has 1 aromatic carbocycles. The van der Waals surface area contributed by atoms with Crippen molar-refractivity contribution in [1.29, 1.82) is 0 Å². The zero-order chi connectivity index (χ0) is 12.0. The number of non-ortho nitro benzene ring substituents is 1. The fraction of sp³-hybridized carbons (Fsp3) is 0.111. The third-order valence-corrected chi connectivity index (χ3v) is 1.64. The van der Waals surface area contributed by atoms with Crippen molar-refractivity contribution in [1.82, 2.24) is 5.43 Å². The normalized spacial score (nSPS) is 10.1. The van der Waals surface area contributed by atoms with Crippen LogP contribution in [0.5, 0.6) is 0 Å². The second-order valence-corrected chi connectivity index (χ2v) is 2.71. The van der Waals surface area contributed by atoms with Crippen LogP contribution in [0, 0.1) is 10.1 Å². The first-order valence-electron chi connectivity index (χ1n) is 4.25. The first kappa shape index (κ1) is 11.6. The van der Waals surface area contributed by atoms with Gasteiger partial charge in [-0.2, -0.15) is 5.10 Å². The number of rotatable bonds is 3. The van der Waals surface area contributed by atoms with E-state index >= 15 is 0 Å². The molecule has 0 aliphatic rings. The van der Waals surface area contributed by atoms with Crippen molar-refractivity contribution in [2.24, 2.45) is 5.10 Å². The number of nitro groups is 1. The highest BCUT2D eigenvalue weighted by atomic mass is 16.6. The smallest absolute Gasteiger partial charge is 0.427 e. The predicted octanol–water partition coefficient (Wildman–Crippen LogP) is 1.28. The number of hydrazone groups is 1. The molecule has 7 heteroatoms. The maximum absolute atomic E-state index is 10.6. The number of ether oxygens (including phenoxy) is 1. The van der Waals surface area contributed by atoms with Gasteiger partial charge in [0.05, 0.1) is 18.2 Å². The molecule has 0 unspecified atom stereocenters. The van der Waals surface area contributed by atoms with Crippen LogP contribution in [0.4, 0.5) is 10.5 Å². The monoisotopic (exact) mass is 223 g/mol. The van der Waals surface area contributed by atoms with E-state index < -0.39 is 11.0 Å². The average molecular weight is 223 g/mol. The van der Waals surface area contributed by atoms with Crippen molar-refractivity contribution in [3.05, 3.63) is 39.9 Å². The molecule has 0 spiro atoms. The number of nitro benzene ring substituents is 1. The van der Waals surface area contributed by atoms with Crippen LogP contribution in [-0.2, 0) is 4.74 Å². The summed E-state index contributed by atoms with van der Waals surface area (Å²) in [6, 6.07) is 5.85. The van der Waals surface area contributed by atoms with Crippen LogP contribution in [0.3, 0.4) is 0 Å². The number of hydrogen-bond acceptors (Lipinski definition) is 5. The van der Waals surface area contributed by atoms with Crippen molar-refractivity contribution in [2.75, 3.05) is 7.11 Å². The summed E-state index contributed by atoms with van der Waals surface area (Å²) >= 11 is 0. The van der Waals surface area contributed by atoms with E-state index in [4.69, 9.17) is 0 Å². The van der Waals surface area contributed by atoms with Crippen LogP contribution in [-0.4, -0.2) is 24.3 Å². The molecule has 1 rings (SSSR count). The summed E-state index contributed by atoms with van der Waals surface area (Å²) in [6.45, 7) is 0. The minimum absolute atomic E-state index is 0.0398. The first-order valence-corrected chi connectivity index (χ1v) is 4.25. The van der Waals surface area contributed by atoms with Crippen molar-refractivity contribution in [2.45, 2.75) is 0 Å². The fourth-order valence-corrected chi connectivity index (χ4v) is 0.924. The Balaban J connectivity index is 2.70. The van der Waals surface area contributed by atoms with Crippen LogP contribution < -0.4 is 5.43 Å². The van der Waals surface area contributed by atoms with Crippen LogP contribution in [0.25, 0.3) is 0 Å². The lowest BCUT2D eigenvalue weighted by Crippen LogP contribution is -2.16. The topological polar surface area (TPSA) is 93.8 Å². The number of nitrogens with one attached hydrogen (secondary N) is 1. The lowest BCUT2D eigenvalue weighted by atomic mass is 10.2. The number of amides is 1. The van der Waals surface area contributed by atoms with E-state index in [-0.39, 0.29) is 5.69 Å². The van der Waals surface area contributed by atoms with Gasteiger partial charge in [-0.1, -0.05) is 12.1 Å². The predicted molar refractivity (Wildman–Crippen MR) is 56.2 cm³/mol. The Morgan fingerprint density at radius 2 is 2.38 bits per heavy atom. The molecule has 7 nitrogen and oxygen atoms in total. The molecule has 0 saturated carbocycles. The van der Waals surface area contributed by atoms with Gasteiger partial charge in [0, 0.05) is 17.7 Å². The number of hydrogen-bond donors (Lipinski definition) is 1. The van der Waals surface area contributed by atoms with Gasteiger partial charge in [-0.3, -0.25) is 10.1 Å². The van der Waals surface area contributed by atoms with Gasteiger partial charge in [0.15, 0.2) is 0 Å². The van der Waals surface area contributed by atoms with Crippen molar-refractivity contribution in [3.8, 4) is 0 Å². The molecule has 16 heavy (non-hydrogen) atoms. The molecular formula is C9H9N3O4. The second-order valence-electron chi connectivity index (χ2n) is 2.71. The van der Waals surface area contributed by atoms with E-state index in [9.17, 15) is 14.9 Å². The molecule has 0 aliphatic heterocycles. The standard InChI is InChI=1S/C9H9N3O4/c1-16-9(13)11-10-6-7-3-2-4-8(5-7)12(14)15/h2-6H,1H3,(H,11,13)/b10-6-. The molecule has 0 heterocycles. The molecule has 0 saturated heterocycles. The summed E-state index contributed by atoms with van der Waals surface area (Å²) in [5, 5.41) is 14.0. The Morgan fingerprint density at radius 3 is 3.00 bits per heavy atom. The minimum atomic E-state index is -0.707. The SMILES string of the molecule is COC(=O)N/N=C\c1cccc([N+](=O)[O-])c1. The van der Waals surface area contributed by atoms with Crippen molar-refractivity contribution < 1.29 is 14.5 Å². The van der Waals surface area contributed by atoms with Crippen LogP contribution >= 0.6 is 0 Å². The molecule has 0 bridgehead atoms. The molecule has 1 amide bonds. The zero-order valence-electron chi connectivity index (χ0n) is 8.41. The van der Waals surface area contributed by atoms with Crippen LogP contribution in [0.15, 0.2) is 29.4 Å². The maximum Gasteiger partial charge on any atom is 0.427 e. The number of methoxy groups -OCH3 is 1. The van der Waals surface area contributed by atoms with Gasteiger partial charge in [-0.05, 0) is 0 Å². The molecule has 1 N–H and O–H groups in total. The summed E-state index contributed by atoms with van der Waals surface area (Å²) in [4.78, 5) is 20.6. The quantitative estimate of drug-likeness (QED) is 0.474. The fourth-order valence-electron chi connectivity index (χ4n) is 0.924. The lowest BCUT2D eigenvalue weighted by molar-refractivity contribution is -0.384. The third kappa shape index (κ3) is 3.37. The maximum atomic E-state index is 10.6. The Morgan fingerprint density at radius 1 is 1.62 bits per heavy atom. The van der Waals surface area contributed by atoms with Gasteiger partial charge >= 0.3 is 6.09 Å². The van der Waals surface area contributed by atoms with Gasteiger partial charge in [0.2, 0.25) is 0 Å². The van der Waals surface area contributed by atoms with E-state index in [0.29, 0.717) is 5.56 Å². The minimum Gasteiger partial charge on any atom is -0.452 e. The van der Waals surface area contributed by atoms with E-state index in [2.05, 4.69) is 15.3 Å². The Bertz CT molecular complexity index is 431. The molecule has 84 valence electrons. The van der Waals surface area contributed by atoms with Gasteiger partial charge in [0.25, 0.3) is 5.69 Å². The van der Waals surface area contributed by atoms with Crippen molar-refractivity contribution >= 4 is 18.0 Å². The third-order valence-electron chi connectivity index (χ3n) is 1.64. The zero-order valence-corrected chi connectivity index (χ0v) is 8.41. The number of carbonyl (C=O) groups excluding carboxylic acids is 1. The van der Waals surface area contributed by atoms with Crippen LogP contribution in [0.1, 0.15) is 5.56 Å². The Hall–Kier alpha value is -2.44. The van der Waals surface area contributed by atoms with Gasteiger partial charge in [0.1, 0.15) is 0 Å². The van der Waals surface area contributed by atoms with Crippen LogP contribution in [0.2, 0.25) is 0 Å². The van der Waals surface area contributed by atoms with E-state index in [1.165, 1.54) is 31.5 Å².